The number of halogens is 1. The standard InChI is InChI=1S/C16H11ClN2O3S/c17-10-5-9(6-12-15(10)22-8-21-12)16(20)18-7-14-19-11-3-1-2-4-13(11)23-14/h1-6H,7-8H2,(H,18,20). The number of nitrogens with one attached hydrogen (secondary N) is 1. The van der Waals surface area contributed by atoms with Crippen molar-refractivity contribution in [3.05, 3.63) is 52.0 Å². The van der Waals surface area contributed by atoms with E-state index in [4.69, 9.17) is 21.1 Å². The third kappa shape index (κ3) is 2.71. The Labute approximate surface area is 140 Å². The lowest BCUT2D eigenvalue weighted by molar-refractivity contribution is 0.0950. The molecule has 0 radical (unpaired) electrons. The molecule has 0 bridgehead atoms. The van der Waals surface area contributed by atoms with Gasteiger partial charge in [-0.15, -0.1) is 11.3 Å². The summed E-state index contributed by atoms with van der Waals surface area (Å²) in [6.07, 6.45) is 0. The van der Waals surface area contributed by atoms with Crippen molar-refractivity contribution < 1.29 is 14.3 Å². The van der Waals surface area contributed by atoms with Crippen LogP contribution in [0.2, 0.25) is 5.02 Å². The van der Waals surface area contributed by atoms with Crippen LogP contribution in [-0.4, -0.2) is 17.7 Å². The molecule has 2 heterocycles. The van der Waals surface area contributed by atoms with Crippen molar-refractivity contribution in [2.75, 3.05) is 6.79 Å². The summed E-state index contributed by atoms with van der Waals surface area (Å²) in [6, 6.07) is 11.1. The van der Waals surface area contributed by atoms with E-state index in [1.54, 1.807) is 23.5 Å². The molecule has 1 aliphatic heterocycles. The quantitative estimate of drug-likeness (QED) is 0.787. The number of benzene rings is 2. The van der Waals surface area contributed by atoms with Crippen LogP contribution in [-0.2, 0) is 6.54 Å². The second-order valence-electron chi connectivity index (χ2n) is 4.95. The molecule has 0 unspecified atom stereocenters. The van der Waals surface area contributed by atoms with Gasteiger partial charge in [-0.3, -0.25) is 4.79 Å². The molecule has 1 aromatic heterocycles. The van der Waals surface area contributed by atoms with Gasteiger partial charge in [0.2, 0.25) is 6.79 Å². The van der Waals surface area contributed by atoms with Crippen molar-refractivity contribution in [3.63, 3.8) is 0 Å². The fraction of sp³-hybridized carbons (Fsp3) is 0.125. The van der Waals surface area contributed by atoms with Gasteiger partial charge < -0.3 is 14.8 Å². The van der Waals surface area contributed by atoms with Crippen LogP contribution in [0, 0.1) is 0 Å². The van der Waals surface area contributed by atoms with Gasteiger partial charge in [0.1, 0.15) is 5.01 Å². The molecule has 0 fully saturated rings. The minimum atomic E-state index is -0.232. The molecule has 4 rings (SSSR count). The Bertz CT molecular complexity index is 876. The molecule has 0 aliphatic carbocycles. The van der Waals surface area contributed by atoms with Crippen molar-refractivity contribution in [1.29, 1.82) is 0 Å². The molecule has 1 aliphatic rings. The largest absolute Gasteiger partial charge is 0.454 e. The number of carbonyl (C=O) groups excluding carboxylic acids is 1. The number of nitrogens with zero attached hydrogens (tertiary/aromatic N) is 1. The molecule has 3 aromatic rings. The Morgan fingerprint density at radius 2 is 2.17 bits per heavy atom. The maximum atomic E-state index is 12.3. The summed E-state index contributed by atoms with van der Waals surface area (Å²) < 4.78 is 11.6. The number of fused-ring (bicyclic) bond motifs is 2. The summed E-state index contributed by atoms with van der Waals surface area (Å²) in [4.78, 5) is 16.8. The lowest BCUT2D eigenvalue weighted by Gasteiger charge is -2.05. The molecule has 7 heteroatoms. The Morgan fingerprint density at radius 1 is 1.30 bits per heavy atom. The highest BCUT2D eigenvalue weighted by atomic mass is 35.5. The zero-order valence-corrected chi connectivity index (χ0v) is 13.4. The fourth-order valence-corrected chi connectivity index (χ4v) is 3.52. The van der Waals surface area contributed by atoms with Crippen LogP contribution >= 0.6 is 22.9 Å². The maximum absolute atomic E-state index is 12.3. The van der Waals surface area contributed by atoms with Crippen LogP contribution in [0.25, 0.3) is 10.2 Å². The van der Waals surface area contributed by atoms with Gasteiger partial charge in [0.05, 0.1) is 21.8 Å². The summed E-state index contributed by atoms with van der Waals surface area (Å²) in [5.74, 6) is 0.737. The maximum Gasteiger partial charge on any atom is 0.251 e. The summed E-state index contributed by atoms with van der Waals surface area (Å²) >= 11 is 7.66. The van der Waals surface area contributed by atoms with E-state index in [1.807, 2.05) is 24.3 Å². The smallest absolute Gasteiger partial charge is 0.251 e. The number of aromatic nitrogens is 1. The highest BCUT2D eigenvalue weighted by Crippen LogP contribution is 2.39. The van der Waals surface area contributed by atoms with Gasteiger partial charge >= 0.3 is 0 Å². The summed E-state index contributed by atoms with van der Waals surface area (Å²) in [5, 5.41) is 4.07. The highest BCUT2D eigenvalue weighted by Gasteiger charge is 2.20. The van der Waals surface area contributed by atoms with Gasteiger partial charge in [-0.25, -0.2) is 4.98 Å². The van der Waals surface area contributed by atoms with Crippen LogP contribution in [0.15, 0.2) is 36.4 Å². The second kappa shape index (κ2) is 5.72. The van der Waals surface area contributed by atoms with Gasteiger partial charge in [0, 0.05) is 5.56 Å². The minimum Gasteiger partial charge on any atom is -0.454 e. The number of hydrogen-bond donors (Lipinski definition) is 1. The van der Waals surface area contributed by atoms with Crippen LogP contribution in [0.5, 0.6) is 11.5 Å². The van der Waals surface area contributed by atoms with E-state index >= 15 is 0 Å². The van der Waals surface area contributed by atoms with Crippen LogP contribution in [0.3, 0.4) is 0 Å². The molecule has 1 amide bonds. The second-order valence-corrected chi connectivity index (χ2v) is 6.47. The Hall–Kier alpha value is -2.31. The first-order chi connectivity index (χ1) is 11.2. The van der Waals surface area contributed by atoms with E-state index in [1.165, 1.54) is 0 Å². The molecule has 23 heavy (non-hydrogen) atoms. The number of amides is 1. The number of para-hydroxylation sites is 1. The molecule has 0 spiro atoms. The predicted octanol–water partition coefficient (Wildman–Crippen LogP) is 3.61. The third-order valence-electron chi connectivity index (χ3n) is 3.43. The zero-order valence-electron chi connectivity index (χ0n) is 11.8. The Kier molecular flexibility index (Phi) is 3.55. The SMILES string of the molecule is O=C(NCc1nc2ccccc2s1)c1cc(Cl)c2c(c1)OCO2. The van der Waals surface area contributed by atoms with E-state index in [2.05, 4.69) is 10.3 Å². The molecule has 0 saturated heterocycles. The summed E-state index contributed by atoms with van der Waals surface area (Å²) in [7, 11) is 0. The number of thiazole rings is 1. The lowest BCUT2D eigenvalue weighted by atomic mass is 10.2. The molecular weight excluding hydrogens is 336 g/mol. The van der Waals surface area contributed by atoms with Gasteiger partial charge in [-0.05, 0) is 24.3 Å². The molecule has 1 N–H and O–H groups in total. The zero-order chi connectivity index (χ0) is 15.8. The third-order valence-corrected chi connectivity index (χ3v) is 4.74. The first kappa shape index (κ1) is 14.3. The summed E-state index contributed by atoms with van der Waals surface area (Å²) in [5.41, 5.74) is 1.37. The highest BCUT2D eigenvalue weighted by molar-refractivity contribution is 7.18. The number of hydrogen-bond acceptors (Lipinski definition) is 5. The number of carbonyl (C=O) groups is 1. The Morgan fingerprint density at radius 3 is 3.04 bits per heavy atom. The van der Waals surface area contributed by atoms with E-state index in [0.717, 1.165) is 15.2 Å². The predicted molar refractivity (Wildman–Crippen MR) is 88.4 cm³/mol. The van der Waals surface area contributed by atoms with Gasteiger partial charge in [0.15, 0.2) is 11.5 Å². The van der Waals surface area contributed by atoms with E-state index in [0.29, 0.717) is 28.6 Å². The van der Waals surface area contributed by atoms with Crippen LogP contribution in [0.4, 0.5) is 0 Å². The minimum absolute atomic E-state index is 0.117. The van der Waals surface area contributed by atoms with Crippen molar-refractivity contribution in [3.8, 4) is 11.5 Å². The number of ether oxygens (including phenoxy) is 2. The monoisotopic (exact) mass is 346 g/mol. The van der Waals surface area contributed by atoms with Gasteiger partial charge in [-0.1, -0.05) is 23.7 Å². The normalized spacial score (nSPS) is 12.6. The molecule has 2 aromatic carbocycles. The van der Waals surface area contributed by atoms with E-state index in [-0.39, 0.29) is 12.7 Å². The van der Waals surface area contributed by atoms with Gasteiger partial charge in [0.25, 0.3) is 5.91 Å². The lowest BCUT2D eigenvalue weighted by Crippen LogP contribution is -2.22. The topological polar surface area (TPSA) is 60.5 Å². The molecule has 0 saturated carbocycles. The first-order valence-electron chi connectivity index (χ1n) is 6.92. The average molecular weight is 347 g/mol. The Balaban J connectivity index is 1.51. The molecule has 116 valence electrons. The van der Waals surface area contributed by atoms with Crippen molar-refractivity contribution in [1.82, 2.24) is 10.3 Å². The number of rotatable bonds is 3. The first-order valence-corrected chi connectivity index (χ1v) is 8.12. The van der Waals surface area contributed by atoms with E-state index in [9.17, 15) is 4.79 Å². The molecule has 5 nitrogen and oxygen atoms in total. The van der Waals surface area contributed by atoms with Crippen molar-refractivity contribution >= 4 is 39.1 Å². The summed E-state index contributed by atoms with van der Waals surface area (Å²) in [6.45, 7) is 0.482. The van der Waals surface area contributed by atoms with Gasteiger partial charge in [-0.2, -0.15) is 0 Å². The van der Waals surface area contributed by atoms with Crippen LogP contribution in [0.1, 0.15) is 15.4 Å². The fourth-order valence-electron chi connectivity index (χ4n) is 2.35. The average Bonchev–Trinajstić information content (AvgIpc) is 3.18. The van der Waals surface area contributed by atoms with Crippen LogP contribution < -0.4 is 14.8 Å². The van der Waals surface area contributed by atoms with Crippen molar-refractivity contribution in [2.45, 2.75) is 6.54 Å². The van der Waals surface area contributed by atoms with Crippen molar-refractivity contribution in [2.24, 2.45) is 0 Å². The van der Waals surface area contributed by atoms with E-state index < -0.39 is 0 Å². The molecule has 0 atom stereocenters. The molecular formula is C16H11ClN2O3S.